The van der Waals surface area contributed by atoms with Crippen LogP contribution < -0.4 is 10.2 Å². The normalized spacial score (nSPS) is 11.2. The van der Waals surface area contributed by atoms with E-state index in [1.807, 2.05) is 48.5 Å². The Morgan fingerprint density at radius 2 is 2.03 bits per heavy atom. The molecule has 2 aromatic heterocycles. The van der Waals surface area contributed by atoms with Crippen molar-refractivity contribution in [2.75, 3.05) is 7.11 Å². The summed E-state index contributed by atoms with van der Waals surface area (Å²) in [5.41, 5.74) is 3.03. The zero-order valence-electron chi connectivity index (χ0n) is 15.2. The van der Waals surface area contributed by atoms with Gasteiger partial charge in [-0.05, 0) is 48.5 Å². The van der Waals surface area contributed by atoms with Crippen molar-refractivity contribution in [3.05, 3.63) is 76.3 Å². The first-order chi connectivity index (χ1) is 14.1. The van der Waals surface area contributed by atoms with Crippen LogP contribution in [-0.2, 0) is 0 Å². The molecule has 0 bridgehead atoms. The summed E-state index contributed by atoms with van der Waals surface area (Å²) in [6.45, 7) is 0. The van der Waals surface area contributed by atoms with Gasteiger partial charge in [0.25, 0.3) is 0 Å². The van der Waals surface area contributed by atoms with Crippen LogP contribution >= 0.6 is 34.7 Å². The topological polar surface area (TPSA) is 63.8 Å². The van der Waals surface area contributed by atoms with Gasteiger partial charge in [-0.3, -0.25) is 4.79 Å². The lowest BCUT2D eigenvalue weighted by atomic mass is 10.2. The first-order valence-electron chi connectivity index (χ1n) is 8.55. The molecule has 1 N–H and O–H groups in total. The highest BCUT2D eigenvalue weighted by Crippen LogP contribution is 2.33. The Morgan fingerprint density at radius 3 is 2.83 bits per heavy atom. The maximum Gasteiger partial charge on any atom is 0.307 e. The number of fused-ring (bicyclic) bond motifs is 1. The van der Waals surface area contributed by atoms with E-state index in [1.54, 1.807) is 48.6 Å². The molecule has 0 aliphatic rings. The number of hydrazone groups is 1. The second kappa shape index (κ2) is 8.73. The predicted molar refractivity (Wildman–Crippen MR) is 118 cm³/mol. The smallest absolute Gasteiger partial charge is 0.307 e. The molecule has 2 heterocycles. The number of benzene rings is 2. The molecule has 0 aliphatic heterocycles. The number of hydrogen-bond acceptors (Lipinski definition) is 6. The number of halogens is 1. The summed E-state index contributed by atoms with van der Waals surface area (Å²) in [5.74, 6) is 0.327. The Bertz CT molecular complexity index is 1180. The number of para-hydroxylation sites is 1. The highest BCUT2D eigenvalue weighted by atomic mass is 35.5. The number of furan rings is 1. The number of carbonyl (C=O) groups is 1. The Morgan fingerprint density at radius 1 is 1.21 bits per heavy atom. The predicted octanol–water partition coefficient (Wildman–Crippen LogP) is 6.07. The first kappa shape index (κ1) is 19.6. The summed E-state index contributed by atoms with van der Waals surface area (Å²) in [6, 6.07) is 18.8. The lowest BCUT2D eigenvalue weighted by Crippen LogP contribution is -2.16. The summed E-state index contributed by atoms with van der Waals surface area (Å²) in [5, 5.41) is 5.54. The van der Waals surface area contributed by atoms with Crippen molar-refractivity contribution >= 4 is 57.8 Å². The van der Waals surface area contributed by atoms with E-state index in [0.29, 0.717) is 16.4 Å². The quantitative estimate of drug-likeness (QED) is 0.290. The standard InChI is InChI=1S/C21H15ClN2O3S2/c1-26-17-4-2-3-13-11-18(27-20(13)17)21(25)24-23-12-16-9-10-19(29-16)28-15-7-5-14(22)6-8-15/h2-12H,1H3,(H,24,25)/b23-12-. The minimum atomic E-state index is -0.424. The summed E-state index contributed by atoms with van der Waals surface area (Å²) in [6.07, 6.45) is 1.61. The molecule has 1 amide bonds. The van der Waals surface area contributed by atoms with Crippen molar-refractivity contribution in [2.24, 2.45) is 5.10 Å². The minimum Gasteiger partial charge on any atom is -0.493 e. The average Bonchev–Trinajstić information content (AvgIpc) is 3.36. The van der Waals surface area contributed by atoms with Gasteiger partial charge in [0.05, 0.1) is 17.5 Å². The van der Waals surface area contributed by atoms with Crippen molar-refractivity contribution in [3.63, 3.8) is 0 Å². The van der Waals surface area contributed by atoms with Gasteiger partial charge < -0.3 is 9.15 Å². The molecule has 0 aliphatic carbocycles. The van der Waals surface area contributed by atoms with Crippen LogP contribution in [-0.4, -0.2) is 19.2 Å². The molecule has 146 valence electrons. The fraction of sp³-hybridized carbons (Fsp3) is 0.0476. The van der Waals surface area contributed by atoms with Crippen molar-refractivity contribution < 1.29 is 13.9 Å². The second-order valence-corrected chi connectivity index (χ2v) is 8.83. The average molecular weight is 443 g/mol. The molecular weight excluding hydrogens is 428 g/mol. The minimum absolute atomic E-state index is 0.173. The van der Waals surface area contributed by atoms with E-state index in [2.05, 4.69) is 10.5 Å². The van der Waals surface area contributed by atoms with Gasteiger partial charge in [-0.25, -0.2) is 5.43 Å². The molecule has 0 radical (unpaired) electrons. The number of rotatable bonds is 6. The summed E-state index contributed by atoms with van der Waals surface area (Å²) in [7, 11) is 1.56. The first-order valence-corrected chi connectivity index (χ1v) is 10.6. The van der Waals surface area contributed by atoms with E-state index < -0.39 is 5.91 Å². The fourth-order valence-electron chi connectivity index (χ4n) is 2.60. The zero-order chi connectivity index (χ0) is 20.2. The van der Waals surface area contributed by atoms with Crippen LogP contribution in [0.2, 0.25) is 5.02 Å². The number of methoxy groups -OCH3 is 1. The van der Waals surface area contributed by atoms with E-state index >= 15 is 0 Å². The summed E-state index contributed by atoms with van der Waals surface area (Å²) >= 11 is 9.13. The van der Waals surface area contributed by atoms with Crippen LogP contribution in [0.5, 0.6) is 5.75 Å². The number of nitrogens with zero attached hydrogens (tertiary/aromatic N) is 1. The van der Waals surface area contributed by atoms with Gasteiger partial charge >= 0.3 is 5.91 Å². The maximum absolute atomic E-state index is 12.3. The van der Waals surface area contributed by atoms with Gasteiger partial charge in [-0.15, -0.1) is 11.3 Å². The van der Waals surface area contributed by atoms with Gasteiger partial charge in [0.15, 0.2) is 17.1 Å². The molecule has 0 unspecified atom stereocenters. The lowest BCUT2D eigenvalue weighted by molar-refractivity contribution is 0.0929. The molecule has 0 saturated heterocycles. The third-order valence-corrected chi connectivity index (χ3v) is 6.36. The van der Waals surface area contributed by atoms with E-state index in [1.165, 1.54) is 0 Å². The molecule has 0 spiro atoms. The highest BCUT2D eigenvalue weighted by Gasteiger charge is 2.14. The van der Waals surface area contributed by atoms with Gasteiger partial charge in [-0.1, -0.05) is 35.5 Å². The van der Waals surface area contributed by atoms with Crippen molar-refractivity contribution in [2.45, 2.75) is 9.10 Å². The van der Waals surface area contributed by atoms with E-state index in [-0.39, 0.29) is 5.76 Å². The SMILES string of the molecule is COc1cccc2cc(C(=O)N/N=C\c3ccc(Sc4ccc(Cl)cc4)s3)oc12. The monoisotopic (exact) mass is 442 g/mol. The lowest BCUT2D eigenvalue weighted by Gasteiger charge is -1.98. The van der Waals surface area contributed by atoms with E-state index in [0.717, 1.165) is 19.4 Å². The molecule has 0 fully saturated rings. The fourth-order valence-corrected chi connectivity index (χ4v) is 4.72. The van der Waals surface area contributed by atoms with Gasteiger partial charge in [0.2, 0.25) is 0 Å². The highest BCUT2D eigenvalue weighted by molar-refractivity contribution is 8.01. The Hall–Kier alpha value is -2.74. The molecule has 0 saturated carbocycles. The van der Waals surface area contributed by atoms with Gasteiger partial charge in [0.1, 0.15) is 0 Å². The molecule has 2 aromatic carbocycles. The van der Waals surface area contributed by atoms with Crippen molar-refractivity contribution in [1.82, 2.24) is 5.43 Å². The van der Waals surface area contributed by atoms with Crippen molar-refractivity contribution in [1.29, 1.82) is 0 Å². The number of hydrogen-bond donors (Lipinski definition) is 1. The number of ether oxygens (including phenoxy) is 1. The molecule has 8 heteroatoms. The van der Waals surface area contributed by atoms with Crippen LogP contribution in [0.25, 0.3) is 11.0 Å². The number of thiophene rings is 1. The Labute approximate surface area is 180 Å². The van der Waals surface area contributed by atoms with Crippen LogP contribution in [0.4, 0.5) is 0 Å². The summed E-state index contributed by atoms with van der Waals surface area (Å²) in [4.78, 5) is 14.3. The molecule has 29 heavy (non-hydrogen) atoms. The van der Waals surface area contributed by atoms with Crippen molar-refractivity contribution in [3.8, 4) is 5.75 Å². The number of carbonyl (C=O) groups excluding carboxylic acids is 1. The van der Waals surface area contributed by atoms with Gasteiger partial charge in [0, 0.05) is 20.2 Å². The third-order valence-electron chi connectivity index (χ3n) is 3.94. The Balaban J connectivity index is 1.39. The van der Waals surface area contributed by atoms with Crippen LogP contribution in [0.15, 0.2) is 79.3 Å². The molecule has 4 aromatic rings. The van der Waals surface area contributed by atoms with Crippen LogP contribution in [0.3, 0.4) is 0 Å². The number of nitrogens with one attached hydrogen (secondary N) is 1. The zero-order valence-corrected chi connectivity index (χ0v) is 17.6. The molecule has 5 nitrogen and oxygen atoms in total. The van der Waals surface area contributed by atoms with E-state index in [4.69, 9.17) is 20.8 Å². The van der Waals surface area contributed by atoms with Crippen LogP contribution in [0, 0.1) is 0 Å². The van der Waals surface area contributed by atoms with E-state index in [9.17, 15) is 4.79 Å². The molecule has 4 rings (SSSR count). The molecular formula is C21H15ClN2O3S2. The third kappa shape index (κ3) is 4.64. The van der Waals surface area contributed by atoms with Gasteiger partial charge in [-0.2, -0.15) is 5.10 Å². The Kier molecular flexibility index (Phi) is 5.89. The maximum atomic E-state index is 12.3. The second-order valence-electron chi connectivity index (χ2n) is 5.90. The largest absolute Gasteiger partial charge is 0.493 e. The van der Waals surface area contributed by atoms with Crippen LogP contribution in [0.1, 0.15) is 15.4 Å². The number of amides is 1. The molecule has 0 atom stereocenters. The summed E-state index contributed by atoms with van der Waals surface area (Å²) < 4.78 is 12.0.